The van der Waals surface area contributed by atoms with Crippen LogP contribution in [0.15, 0.2) is 24.5 Å². The van der Waals surface area contributed by atoms with Gasteiger partial charge in [-0.1, -0.05) is 6.92 Å². The molecule has 0 saturated heterocycles. The van der Waals surface area contributed by atoms with E-state index in [1.165, 1.54) is 18.4 Å². The molecule has 118 valence electrons. The highest BCUT2D eigenvalue weighted by Crippen LogP contribution is 2.25. The van der Waals surface area contributed by atoms with Crippen molar-refractivity contribution in [3.63, 3.8) is 0 Å². The number of hydrogen-bond donors (Lipinski definition) is 2. The van der Waals surface area contributed by atoms with Crippen LogP contribution in [0.2, 0.25) is 0 Å². The van der Waals surface area contributed by atoms with Gasteiger partial charge in [0.2, 0.25) is 0 Å². The van der Waals surface area contributed by atoms with Crippen molar-refractivity contribution >= 4 is 0 Å². The van der Waals surface area contributed by atoms with Crippen LogP contribution in [0.25, 0.3) is 0 Å². The van der Waals surface area contributed by atoms with E-state index in [4.69, 9.17) is 4.74 Å². The van der Waals surface area contributed by atoms with Crippen molar-refractivity contribution in [1.29, 1.82) is 0 Å². The van der Waals surface area contributed by atoms with E-state index in [1.54, 1.807) is 12.4 Å². The van der Waals surface area contributed by atoms with Crippen LogP contribution in [-0.2, 0) is 4.74 Å². The van der Waals surface area contributed by atoms with Gasteiger partial charge in [-0.25, -0.2) is 0 Å². The lowest BCUT2D eigenvalue weighted by Gasteiger charge is -2.27. The van der Waals surface area contributed by atoms with E-state index >= 15 is 0 Å². The molecule has 1 fully saturated rings. The van der Waals surface area contributed by atoms with Crippen LogP contribution >= 0.6 is 0 Å². The summed E-state index contributed by atoms with van der Waals surface area (Å²) in [5.74, 6) is 0.831. The van der Waals surface area contributed by atoms with Crippen LogP contribution < -0.4 is 5.32 Å². The summed E-state index contributed by atoms with van der Waals surface area (Å²) in [6.45, 7) is 5.36. The van der Waals surface area contributed by atoms with Crippen molar-refractivity contribution in [2.24, 2.45) is 5.92 Å². The van der Waals surface area contributed by atoms with Gasteiger partial charge in [0.05, 0.1) is 18.8 Å². The Kier molecular flexibility index (Phi) is 6.61. The fraction of sp³-hybridized carbons (Fsp3) is 0.706. The molecule has 2 atom stereocenters. The molecular weight excluding hydrogens is 264 g/mol. The molecule has 0 spiro atoms. The minimum atomic E-state index is -0.450. The van der Waals surface area contributed by atoms with E-state index < -0.39 is 6.10 Å². The maximum atomic E-state index is 10.0. The summed E-state index contributed by atoms with van der Waals surface area (Å²) >= 11 is 0. The maximum absolute atomic E-state index is 10.0. The standard InChI is InChI=1S/C17H28N2O2/c1-13-3-5-17(6-4-13)21-12-16(20)11-19-14(2)15-7-9-18-10-8-15/h7-10,13-14,16-17,19-20H,3-6,11-12H2,1-2H3/t13?,14-,16?,17?/m1/s1. The van der Waals surface area contributed by atoms with Gasteiger partial charge in [0.25, 0.3) is 0 Å². The zero-order valence-corrected chi connectivity index (χ0v) is 13.2. The van der Waals surface area contributed by atoms with Gasteiger partial charge in [-0.15, -0.1) is 0 Å². The molecule has 1 aliphatic carbocycles. The average Bonchev–Trinajstić information content (AvgIpc) is 2.53. The first kappa shape index (κ1) is 16.4. The van der Waals surface area contributed by atoms with Crippen molar-refractivity contribution < 1.29 is 9.84 Å². The highest BCUT2D eigenvalue weighted by molar-refractivity contribution is 5.13. The Labute approximate surface area is 127 Å². The fourth-order valence-electron chi connectivity index (χ4n) is 2.79. The Hall–Kier alpha value is -0.970. The van der Waals surface area contributed by atoms with Crippen molar-refractivity contribution in [2.45, 2.75) is 57.8 Å². The number of aliphatic hydroxyl groups is 1. The van der Waals surface area contributed by atoms with E-state index in [-0.39, 0.29) is 6.04 Å². The number of aromatic nitrogens is 1. The van der Waals surface area contributed by atoms with Gasteiger partial charge in [-0.2, -0.15) is 0 Å². The minimum absolute atomic E-state index is 0.207. The molecule has 1 saturated carbocycles. The van der Waals surface area contributed by atoms with E-state index in [2.05, 4.69) is 24.1 Å². The lowest BCUT2D eigenvalue weighted by atomic mass is 9.89. The predicted octanol–water partition coefficient (Wildman–Crippen LogP) is 2.69. The van der Waals surface area contributed by atoms with Crippen LogP contribution in [0.3, 0.4) is 0 Å². The quantitative estimate of drug-likeness (QED) is 0.811. The van der Waals surface area contributed by atoms with Crippen molar-refractivity contribution in [3.05, 3.63) is 30.1 Å². The van der Waals surface area contributed by atoms with Crippen molar-refractivity contribution in [3.8, 4) is 0 Å². The molecular formula is C17H28N2O2. The van der Waals surface area contributed by atoms with Gasteiger partial charge in [-0.05, 0) is 56.2 Å². The Morgan fingerprint density at radius 2 is 1.95 bits per heavy atom. The highest BCUT2D eigenvalue weighted by atomic mass is 16.5. The van der Waals surface area contributed by atoms with Gasteiger partial charge < -0.3 is 15.2 Å². The van der Waals surface area contributed by atoms with Gasteiger partial charge >= 0.3 is 0 Å². The van der Waals surface area contributed by atoms with E-state index in [0.717, 1.165) is 18.8 Å². The molecule has 4 nitrogen and oxygen atoms in total. The number of nitrogens with zero attached hydrogens (tertiary/aromatic N) is 1. The van der Waals surface area contributed by atoms with Crippen LogP contribution in [-0.4, -0.2) is 35.5 Å². The molecule has 1 heterocycles. The summed E-state index contributed by atoms with van der Waals surface area (Å²) in [6, 6.07) is 4.19. The Balaban J connectivity index is 1.62. The number of nitrogens with one attached hydrogen (secondary N) is 1. The summed E-state index contributed by atoms with van der Waals surface area (Å²) in [6.07, 6.45) is 8.23. The molecule has 0 aromatic carbocycles. The largest absolute Gasteiger partial charge is 0.389 e. The van der Waals surface area contributed by atoms with Gasteiger partial charge in [0, 0.05) is 25.0 Å². The number of pyridine rings is 1. The SMILES string of the molecule is CC1CCC(OCC(O)CN[C@H](C)c2ccncc2)CC1. The zero-order valence-electron chi connectivity index (χ0n) is 13.2. The van der Waals surface area contributed by atoms with E-state index in [9.17, 15) is 5.11 Å². The molecule has 1 aromatic rings. The topological polar surface area (TPSA) is 54.4 Å². The maximum Gasteiger partial charge on any atom is 0.0898 e. The van der Waals surface area contributed by atoms with Gasteiger partial charge in [-0.3, -0.25) is 4.98 Å². The Bertz CT molecular complexity index is 391. The summed E-state index contributed by atoms with van der Waals surface area (Å²) < 4.78 is 5.83. The second-order valence-electron chi connectivity index (χ2n) is 6.28. The number of ether oxygens (including phenoxy) is 1. The number of rotatable bonds is 7. The molecule has 1 unspecified atom stereocenters. The van der Waals surface area contributed by atoms with Crippen LogP contribution in [0.4, 0.5) is 0 Å². The summed E-state index contributed by atoms with van der Waals surface area (Å²) in [7, 11) is 0. The first-order valence-corrected chi connectivity index (χ1v) is 8.08. The smallest absolute Gasteiger partial charge is 0.0898 e. The van der Waals surface area contributed by atoms with Gasteiger partial charge in [0.1, 0.15) is 0 Å². The molecule has 4 heteroatoms. The monoisotopic (exact) mass is 292 g/mol. The molecule has 2 rings (SSSR count). The number of aliphatic hydroxyl groups excluding tert-OH is 1. The summed E-state index contributed by atoms with van der Waals surface area (Å²) in [4.78, 5) is 4.01. The van der Waals surface area contributed by atoms with E-state index in [1.807, 2.05) is 12.1 Å². The minimum Gasteiger partial charge on any atom is -0.389 e. The van der Waals surface area contributed by atoms with Crippen LogP contribution in [0.5, 0.6) is 0 Å². The Morgan fingerprint density at radius 3 is 2.62 bits per heavy atom. The average molecular weight is 292 g/mol. The van der Waals surface area contributed by atoms with Crippen LogP contribution in [0.1, 0.15) is 51.1 Å². The van der Waals surface area contributed by atoms with Crippen LogP contribution in [0, 0.1) is 5.92 Å². The fourth-order valence-corrected chi connectivity index (χ4v) is 2.79. The second-order valence-corrected chi connectivity index (χ2v) is 6.28. The Morgan fingerprint density at radius 1 is 1.29 bits per heavy atom. The lowest BCUT2D eigenvalue weighted by Crippen LogP contribution is -2.34. The lowest BCUT2D eigenvalue weighted by molar-refractivity contribution is -0.0283. The molecule has 1 aliphatic rings. The summed E-state index contributed by atoms with van der Waals surface area (Å²) in [5, 5.41) is 13.4. The normalized spacial score (nSPS) is 25.5. The third-order valence-corrected chi connectivity index (χ3v) is 4.35. The highest BCUT2D eigenvalue weighted by Gasteiger charge is 2.19. The second kappa shape index (κ2) is 8.47. The molecule has 1 aromatic heterocycles. The van der Waals surface area contributed by atoms with E-state index in [0.29, 0.717) is 19.3 Å². The molecule has 21 heavy (non-hydrogen) atoms. The first-order valence-electron chi connectivity index (χ1n) is 8.08. The third kappa shape index (κ3) is 5.73. The van der Waals surface area contributed by atoms with Gasteiger partial charge in [0.15, 0.2) is 0 Å². The molecule has 0 bridgehead atoms. The summed E-state index contributed by atoms with van der Waals surface area (Å²) in [5.41, 5.74) is 1.18. The van der Waals surface area contributed by atoms with Crippen molar-refractivity contribution in [2.75, 3.05) is 13.2 Å². The molecule has 2 N–H and O–H groups in total. The molecule has 0 amide bonds. The third-order valence-electron chi connectivity index (χ3n) is 4.35. The van der Waals surface area contributed by atoms with Crippen molar-refractivity contribution in [1.82, 2.24) is 10.3 Å². The molecule has 0 radical (unpaired) electrons. The number of hydrogen-bond acceptors (Lipinski definition) is 4. The zero-order chi connectivity index (χ0) is 15.1. The predicted molar refractivity (Wildman–Crippen MR) is 84.0 cm³/mol. The first-order chi connectivity index (χ1) is 10.1. The molecule has 0 aliphatic heterocycles.